The van der Waals surface area contributed by atoms with Crippen LogP contribution < -0.4 is 15.4 Å². The van der Waals surface area contributed by atoms with Crippen molar-refractivity contribution in [1.29, 1.82) is 0 Å². The monoisotopic (exact) mass is 282 g/mol. The summed E-state index contributed by atoms with van der Waals surface area (Å²) in [6.45, 7) is 2.77. The fraction of sp³-hybridized carbons (Fsp3) is 0.500. The zero-order valence-electron chi connectivity index (χ0n) is 10.8. The van der Waals surface area contributed by atoms with Gasteiger partial charge in [0.05, 0.1) is 5.02 Å². The van der Waals surface area contributed by atoms with Crippen molar-refractivity contribution in [2.75, 3.05) is 26.2 Å². The first kappa shape index (κ1) is 14.2. The fourth-order valence-corrected chi connectivity index (χ4v) is 2.30. The summed E-state index contributed by atoms with van der Waals surface area (Å²) in [5.41, 5.74) is 0. The number of rotatable bonds is 5. The molecule has 19 heavy (non-hydrogen) atoms. The van der Waals surface area contributed by atoms with Gasteiger partial charge in [-0.15, -0.1) is 0 Å². The Hall–Kier alpha value is -1.26. The van der Waals surface area contributed by atoms with Crippen LogP contribution in [-0.2, 0) is 4.79 Å². The van der Waals surface area contributed by atoms with Gasteiger partial charge in [-0.3, -0.25) is 4.79 Å². The average molecular weight is 283 g/mol. The Morgan fingerprint density at radius 3 is 3.05 bits per heavy atom. The SMILES string of the molecule is O=C(COc1ccccc1Cl)NCC1CCCNC1. The number of piperidine rings is 1. The van der Waals surface area contributed by atoms with Crippen molar-refractivity contribution in [3.05, 3.63) is 29.3 Å². The Labute approximate surface area is 118 Å². The minimum Gasteiger partial charge on any atom is -0.482 e. The van der Waals surface area contributed by atoms with Gasteiger partial charge in [-0.2, -0.15) is 0 Å². The van der Waals surface area contributed by atoms with E-state index < -0.39 is 0 Å². The van der Waals surface area contributed by atoms with Crippen LogP contribution in [0.5, 0.6) is 5.75 Å². The maximum Gasteiger partial charge on any atom is 0.257 e. The fourth-order valence-electron chi connectivity index (χ4n) is 2.11. The summed E-state index contributed by atoms with van der Waals surface area (Å²) in [6, 6.07) is 7.14. The summed E-state index contributed by atoms with van der Waals surface area (Å²) >= 11 is 5.94. The number of ether oxygens (including phenoxy) is 1. The van der Waals surface area contributed by atoms with Crippen LogP contribution in [0.25, 0.3) is 0 Å². The predicted molar refractivity (Wildman–Crippen MR) is 75.6 cm³/mol. The van der Waals surface area contributed by atoms with Gasteiger partial charge in [0.25, 0.3) is 5.91 Å². The molecule has 1 aliphatic rings. The molecule has 1 amide bonds. The van der Waals surface area contributed by atoms with Crippen molar-refractivity contribution >= 4 is 17.5 Å². The largest absolute Gasteiger partial charge is 0.482 e. The number of amides is 1. The summed E-state index contributed by atoms with van der Waals surface area (Å²) in [6.07, 6.45) is 2.34. The number of halogens is 1. The van der Waals surface area contributed by atoms with Gasteiger partial charge in [-0.1, -0.05) is 23.7 Å². The molecule has 1 aromatic carbocycles. The van der Waals surface area contributed by atoms with Crippen LogP contribution in [-0.4, -0.2) is 32.1 Å². The highest BCUT2D eigenvalue weighted by atomic mass is 35.5. The smallest absolute Gasteiger partial charge is 0.257 e. The van der Waals surface area contributed by atoms with Crippen LogP contribution in [0.15, 0.2) is 24.3 Å². The molecule has 1 saturated heterocycles. The van der Waals surface area contributed by atoms with E-state index in [-0.39, 0.29) is 12.5 Å². The molecule has 2 N–H and O–H groups in total. The maximum atomic E-state index is 11.7. The van der Waals surface area contributed by atoms with E-state index in [0.717, 1.165) is 13.1 Å². The third kappa shape index (κ3) is 4.73. The number of nitrogens with one attached hydrogen (secondary N) is 2. The van der Waals surface area contributed by atoms with E-state index in [9.17, 15) is 4.79 Å². The van der Waals surface area contributed by atoms with Crippen molar-refractivity contribution in [2.24, 2.45) is 5.92 Å². The van der Waals surface area contributed by atoms with E-state index in [1.807, 2.05) is 12.1 Å². The lowest BCUT2D eigenvalue weighted by Crippen LogP contribution is -2.39. The van der Waals surface area contributed by atoms with Gasteiger partial charge >= 0.3 is 0 Å². The minimum atomic E-state index is -0.106. The van der Waals surface area contributed by atoms with Gasteiger partial charge in [-0.25, -0.2) is 0 Å². The van der Waals surface area contributed by atoms with E-state index >= 15 is 0 Å². The Kier molecular flexibility index (Phi) is 5.48. The van der Waals surface area contributed by atoms with E-state index in [1.165, 1.54) is 12.8 Å². The first-order chi connectivity index (χ1) is 9.25. The molecule has 1 atom stereocenters. The number of benzene rings is 1. The highest BCUT2D eigenvalue weighted by Gasteiger charge is 2.14. The second kappa shape index (κ2) is 7.36. The molecule has 1 heterocycles. The second-order valence-electron chi connectivity index (χ2n) is 4.74. The van der Waals surface area contributed by atoms with Crippen LogP contribution in [0, 0.1) is 5.92 Å². The first-order valence-electron chi connectivity index (χ1n) is 6.60. The molecule has 2 rings (SSSR count). The zero-order valence-corrected chi connectivity index (χ0v) is 11.6. The molecule has 0 aliphatic carbocycles. The molecule has 0 bridgehead atoms. The third-order valence-electron chi connectivity index (χ3n) is 3.18. The van der Waals surface area contributed by atoms with Crippen LogP contribution in [0.1, 0.15) is 12.8 Å². The molecule has 0 spiro atoms. The molecule has 5 heteroatoms. The van der Waals surface area contributed by atoms with E-state index in [0.29, 0.717) is 23.2 Å². The van der Waals surface area contributed by atoms with Gasteiger partial charge in [0.1, 0.15) is 5.75 Å². The summed E-state index contributed by atoms with van der Waals surface area (Å²) < 4.78 is 5.38. The number of hydrogen-bond donors (Lipinski definition) is 2. The minimum absolute atomic E-state index is 0.00385. The van der Waals surface area contributed by atoms with Gasteiger partial charge < -0.3 is 15.4 Å². The maximum absolute atomic E-state index is 11.7. The Morgan fingerprint density at radius 1 is 1.47 bits per heavy atom. The quantitative estimate of drug-likeness (QED) is 0.866. The molecule has 1 aliphatic heterocycles. The summed E-state index contributed by atoms with van der Waals surface area (Å²) in [5.74, 6) is 0.960. The van der Waals surface area contributed by atoms with Crippen LogP contribution in [0.3, 0.4) is 0 Å². The standard InChI is InChI=1S/C14H19ClN2O2/c15-12-5-1-2-6-13(12)19-10-14(18)17-9-11-4-3-7-16-8-11/h1-2,5-6,11,16H,3-4,7-10H2,(H,17,18). The zero-order chi connectivity index (χ0) is 13.5. The molecule has 1 aromatic rings. The lowest BCUT2D eigenvalue weighted by molar-refractivity contribution is -0.123. The normalized spacial score (nSPS) is 18.9. The van der Waals surface area contributed by atoms with Crippen molar-refractivity contribution in [2.45, 2.75) is 12.8 Å². The van der Waals surface area contributed by atoms with E-state index in [4.69, 9.17) is 16.3 Å². The molecule has 1 fully saturated rings. The highest BCUT2D eigenvalue weighted by Crippen LogP contribution is 2.22. The molecule has 1 unspecified atom stereocenters. The molecule has 4 nitrogen and oxygen atoms in total. The lowest BCUT2D eigenvalue weighted by Gasteiger charge is -2.22. The van der Waals surface area contributed by atoms with Gasteiger partial charge in [0.2, 0.25) is 0 Å². The molecule has 0 saturated carbocycles. The van der Waals surface area contributed by atoms with E-state index in [1.54, 1.807) is 12.1 Å². The molecular formula is C14H19ClN2O2. The summed E-state index contributed by atoms with van der Waals surface area (Å²) in [4.78, 5) is 11.7. The highest BCUT2D eigenvalue weighted by molar-refractivity contribution is 6.32. The van der Waals surface area contributed by atoms with Crippen LogP contribution >= 0.6 is 11.6 Å². The first-order valence-corrected chi connectivity index (χ1v) is 6.98. The van der Waals surface area contributed by atoms with Crippen molar-refractivity contribution in [3.63, 3.8) is 0 Å². The topological polar surface area (TPSA) is 50.4 Å². The summed E-state index contributed by atoms with van der Waals surface area (Å²) in [7, 11) is 0. The van der Waals surface area contributed by atoms with Crippen molar-refractivity contribution in [1.82, 2.24) is 10.6 Å². The lowest BCUT2D eigenvalue weighted by atomic mass is 10.00. The van der Waals surface area contributed by atoms with Gasteiger partial charge in [-0.05, 0) is 44.0 Å². The van der Waals surface area contributed by atoms with Crippen LogP contribution in [0.2, 0.25) is 5.02 Å². The number of carbonyl (C=O) groups excluding carboxylic acids is 1. The Bertz CT molecular complexity index is 420. The third-order valence-corrected chi connectivity index (χ3v) is 3.49. The number of hydrogen-bond acceptors (Lipinski definition) is 3. The molecule has 0 radical (unpaired) electrons. The van der Waals surface area contributed by atoms with Crippen molar-refractivity contribution < 1.29 is 9.53 Å². The molecule has 104 valence electrons. The van der Waals surface area contributed by atoms with Gasteiger partial charge in [0.15, 0.2) is 6.61 Å². The Balaban J connectivity index is 1.68. The summed E-state index contributed by atoms with van der Waals surface area (Å²) in [5, 5.41) is 6.74. The van der Waals surface area contributed by atoms with Crippen molar-refractivity contribution in [3.8, 4) is 5.75 Å². The number of carbonyl (C=O) groups is 1. The Morgan fingerprint density at radius 2 is 2.32 bits per heavy atom. The average Bonchev–Trinajstić information content (AvgIpc) is 2.45. The van der Waals surface area contributed by atoms with Crippen LogP contribution in [0.4, 0.5) is 0 Å². The second-order valence-corrected chi connectivity index (χ2v) is 5.14. The van der Waals surface area contributed by atoms with E-state index in [2.05, 4.69) is 10.6 Å². The number of para-hydroxylation sites is 1. The molecule has 0 aromatic heterocycles. The predicted octanol–water partition coefficient (Wildman–Crippen LogP) is 1.83. The van der Waals surface area contributed by atoms with Gasteiger partial charge in [0, 0.05) is 6.54 Å². The molecular weight excluding hydrogens is 264 g/mol.